The molecule has 178 valence electrons. The zero-order valence-electron chi connectivity index (χ0n) is 19.4. The number of hydrogen-bond acceptors (Lipinski definition) is 5. The molecule has 6 nitrogen and oxygen atoms in total. The van der Waals surface area contributed by atoms with Crippen molar-refractivity contribution in [3.05, 3.63) is 29.5 Å². The summed E-state index contributed by atoms with van der Waals surface area (Å²) >= 11 is 0. The molecule has 0 spiro atoms. The number of nitrogens with zero attached hydrogens (tertiary/aromatic N) is 2. The van der Waals surface area contributed by atoms with Crippen LogP contribution in [0.4, 0.5) is 10.1 Å². The van der Waals surface area contributed by atoms with Crippen LogP contribution in [-0.2, 0) is 11.2 Å². The molecule has 1 aromatic rings. The summed E-state index contributed by atoms with van der Waals surface area (Å²) in [4.78, 5) is 19.7. The number of carbonyl (C=O) groups excluding carboxylic acids is 1. The van der Waals surface area contributed by atoms with E-state index in [0.29, 0.717) is 13.0 Å². The average Bonchev–Trinajstić information content (AvgIpc) is 3.63. The number of anilines is 1. The standard InChI is InChI=1S/C26H35FN4O2/c1-16-5-8-21-24(31(16)26(32)17-6-7-17)10-9-20(25(21)33-19-3-2-4-19)18(13-28)14-30-23-11-12-29-15-22(23)27/h9-10,13-14,16-17,19,22-23,29H,2-8,11-12,15,28H2,1H3/t16-,22-,23+/m0/s1. The monoisotopic (exact) mass is 454 g/mol. The number of nitrogens with one attached hydrogen (secondary N) is 1. The molecule has 1 saturated heterocycles. The van der Waals surface area contributed by atoms with E-state index in [2.05, 4.69) is 17.2 Å². The van der Waals surface area contributed by atoms with Crippen LogP contribution in [0.2, 0.25) is 0 Å². The van der Waals surface area contributed by atoms with Gasteiger partial charge < -0.3 is 20.7 Å². The molecule has 0 aromatic heterocycles. The third-order valence-electron chi connectivity index (χ3n) is 7.52. The van der Waals surface area contributed by atoms with Crippen LogP contribution in [0.25, 0.3) is 5.57 Å². The molecule has 1 aromatic carbocycles. The van der Waals surface area contributed by atoms with E-state index in [1.165, 1.54) is 12.6 Å². The number of carbonyl (C=O) groups is 1. The van der Waals surface area contributed by atoms with Crippen molar-refractivity contribution in [3.8, 4) is 5.75 Å². The van der Waals surface area contributed by atoms with E-state index in [4.69, 9.17) is 10.5 Å². The van der Waals surface area contributed by atoms with Crippen LogP contribution < -0.4 is 20.7 Å². The van der Waals surface area contributed by atoms with Crippen LogP contribution in [0.15, 0.2) is 23.3 Å². The van der Waals surface area contributed by atoms with Crippen LogP contribution in [-0.4, -0.2) is 49.6 Å². The minimum atomic E-state index is -0.994. The Balaban J connectivity index is 1.50. The van der Waals surface area contributed by atoms with Crippen LogP contribution in [0, 0.1) is 5.92 Å². The Morgan fingerprint density at radius 1 is 1.24 bits per heavy atom. The van der Waals surface area contributed by atoms with Crippen LogP contribution >= 0.6 is 0 Å². The fraction of sp³-hybridized carbons (Fsp3) is 0.615. The summed E-state index contributed by atoms with van der Waals surface area (Å²) in [7, 11) is 0. The van der Waals surface area contributed by atoms with Gasteiger partial charge in [0.1, 0.15) is 11.9 Å². The second-order valence-corrected chi connectivity index (χ2v) is 9.96. The van der Waals surface area contributed by atoms with Crippen molar-refractivity contribution in [2.45, 2.75) is 82.6 Å². The number of rotatable bonds is 6. The largest absolute Gasteiger partial charge is 0.489 e. The predicted octanol–water partition coefficient (Wildman–Crippen LogP) is 3.77. The zero-order chi connectivity index (χ0) is 22.9. The molecular weight excluding hydrogens is 419 g/mol. The fourth-order valence-corrected chi connectivity index (χ4v) is 5.04. The second-order valence-electron chi connectivity index (χ2n) is 9.96. The molecule has 0 bridgehead atoms. The average molecular weight is 455 g/mol. The van der Waals surface area contributed by atoms with Gasteiger partial charge in [-0.25, -0.2) is 4.39 Å². The quantitative estimate of drug-likeness (QED) is 0.642. The first kappa shape index (κ1) is 22.4. The first-order valence-corrected chi connectivity index (χ1v) is 12.5. The van der Waals surface area contributed by atoms with Crippen LogP contribution in [0.1, 0.15) is 63.0 Å². The van der Waals surface area contributed by atoms with E-state index >= 15 is 0 Å². The zero-order valence-corrected chi connectivity index (χ0v) is 19.4. The first-order valence-electron chi connectivity index (χ1n) is 12.5. The Hall–Kier alpha value is -2.41. The molecule has 3 N–H and O–H groups in total. The van der Waals surface area contributed by atoms with Gasteiger partial charge in [0.15, 0.2) is 0 Å². The minimum Gasteiger partial charge on any atom is -0.489 e. The van der Waals surface area contributed by atoms with Gasteiger partial charge in [0, 0.05) is 47.6 Å². The third kappa shape index (κ3) is 4.52. The SMILES string of the molecule is C[C@H]1CCc2c(ccc(C(C=N[C@@H]3CCNC[C@@H]3F)=CN)c2OC2CCC2)N1C(=O)C1CC1. The number of amides is 1. The number of benzene rings is 1. The van der Waals surface area contributed by atoms with E-state index in [1.807, 2.05) is 17.0 Å². The fourth-order valence-electron chi connectivity index (χ4n) is 5.04. The summed E-state index contributed by atoms with van der Waals surface area (Å²) in [6, 6.07) is 3.86. The van der Waals surface area contributed by atoms with Crippen molar-refractivity contribution in [1.29, 1.82) is 0 Å². The van der Waals surface area contributed by atoms with Gasteiger partial charge in [-0.05, 0) is 77.0 Å². The molecule has 0 radical (unpaired) electrons. The van der Waals surface area contributed by atoms with Gasteiger partial charge in [0.05, 0.1) is 17.8 Å². The van der Waals surface area contributed by atoms with Crippen molar-refractivity contribution >= 4 is 23.4 Å². The molecule has 2 heterocycles. The van der Waals surface area contributed by atoms with E-state index in [0.717, 1.165) is 73.2 Å². The summed E-state index contributed by atoms with van der Waals surface area (Å²) in [5, 5.41) is 3.06. The Kier molecular flexibility index (Phi) is 6.41. The van der Waals surface area contributed by atoms with Gasteiger partial charge in [-0.3, -0.25) is 9.79 Å². The highest BCUT2D eigenvalue weighted by molar-refractivity contribution is 6.11. The first-order chi connectivity index (χ1) is 16.1. The molecule has 33 heavy (non-hydrogen) atoms. The molecule has 4 aliphatic rings. The van der Waals surface area contributed by atoms with Gasteiger partial charge >= 0.3 is 0 Å². The highest BCUT2D eigenvalue weighted by Crippen LogP contribution is 2.44. The summed E-state index contributed by atoms with van der Waals surface area (Å²) in [6.07, 6.45) is 10.1. The molecule has 2 aliphatic carbocycles. The Morgan fingerprint density at radius 2 is 2.06 bits per heavy atom. The number of hydrogen-bond donors (Lipinski definition) is 2. The van der Waals surface area contributed by atoms with Crippen LogP contribution in [0.5, 0.6) is 5.75 Å². The number of aliphatic imine (C=N–C) groups is 1. The lowest BCUT2D eigenvalue weighted by molar-refractivity contribution is -0.120. The Labute approximate surface area is 195 Å². The molecular formula is C26H35FN4O2. The summed E-state index contributed by atoms with van der Waals surface area (Å²) < 4.78 is 20.8. The number of piperidine rings is 1. The predicted molar refractivity (Wildman–Crippen MR) is 130 cm³/mol. The molecule has 5 rings (SSSR count). The van der Waals surface area contributed by atoms with E-state index in [1.54, 1.807) is 6.21 Å². The Bertz CT molecular complexity index is 954. The molecule has 2 aliphatic heterocycles. The Morgan fingerprint density at radius 3 is 2.73 bits per heavy atom. The number of alkyl halides is 1. The molecule has 0 unspecified atom stereocenters. The maximum Gasteiger partial charge on any atom is 0.230 e. The van der Waals surface area contributed by atoms with Gasteiger partial charge in [0.2, 0.25) is 5.91 Å². The van der Waals surface area contributed by atoms with E-state index in [-0.39, 0.29) is 30.0 Å². The third-order valence-corrected chi connectivity index (χ3v) is 7.52. The molecule has 2 saturated carbocycles. The lowest BCUT2D eigenvalue weighted by atomic mass is 9.90. The van der Waals surface area contributed by atoms with E-state index in [9.17, 15) is 9.18 Å². The number of halogens is 1. The summed E-state index contributed by atoms with van der Waals surface area (Å²) in [6.45, 7) is 3.23. The topological polar surface area (TPSA) is 80.0 Å². The number of fused-ring (bicyclic) bond motifs is 1. The molecule has 1 amide bonds. The minimum absolute atomic E-state index is 0.166. The summed E-state index contributed by atoms with van der Waals surface area (Å²) in [5.74, 6) is 1.23. The molecule has 7 heteroatoms. The summed E-state index contributed by atoms with van der Waals surface area (Å²) in [5.41, 5.74) is 9.71. The van der Waals surface area contributed by atoms with Crippen molar-refractivity contribution in [1.82, 2.24) is 5.32 Å². The second kappa shape index (κ2) is 9.45. The lowest BCUT2D eigenvalue weighted by Crippen LogP contribution is -2.43. The lowest BCUT2D eigenvalue weighted by Gasteiger charge is -2.38. The number of ether oxygens (including phenoxy) is 1. The van der Waals surface area contributed by atoms with Crippen molar-refractivity contribution < 1.29 is 13.9 Å². The maximum atomic E-state index is 14.3. The van der Waals surface area contributed by atoms with Crippen LogP contribution in [0.3, 0.4) is 0 Å². The number of nitrogens with two attached hydrogens (primary N) is 1. The van der Waals surface area contributed by atoms with Gasteiger partial charge in [-0.1, -0.05) is 0 Å². The highest BCUT2D eigenvalue weighted by atomic mass is 19.1. The maximum absolute atomic E-state index is 14.3. The number of allylic oxidation sites excluding steroid dienone is 1. The van der Waals surface area contributed by atoms with Gasteiger partial charge in [0.25, 0.3) is 0 Å². The van der Waals surface area contributed by atoms with Crippen molar-refractivity contribution in [2.24, 2.45) is 16.6 Å². The van der Waals surface area contributed by atoms with Gasteiger partial charge in [-0.15, -0.1) is 0 Å². The van der Waals surface area contributed by atoms with E-state index < -0.39 is 6.17 Å². The smallest absolute Gasteiger partial charge is 0.230 e. The normalized spacial score (nSPS) is 28.5. The van der Waals surface area contributed by atoms with Gasteiger partial charge in [-0.2, -0.15) is 0 Å². The molecule has 3 atom stereocenters. The van der Waals surface area contributed by atoms with Crippen molar-refractivity contribution in [3.63, 3.8) is 0 Å². The highest BCUT2D eigenvalue weighted by Gasteiger charge is 2.39. The molecule has 3 fully saturated rings. The van der Waals surface area contributed by atoms with Crippen molar-refractivity contribution in [2.75, 3.05) is 18.0 Å².